The molecule has 3 atom stereocenters. The fourth-order valence-corrected chi connectivity index (χ4v) is 5.38. The largest absolute Gasteiger partial charge is 0.378 e. The third kappa shape index (κ3) is 5.99. The first kappa shape index (κ1) is 27.7. The van der Waals surface area contributed by atoms with Gasteiger partial charge in [-0.2, -0.15) is 10.3 Å². The van der Waals surface area contributed by atoms with Crippen LogP contribution in [0.1, 0.15) is 54.6 Å². The molecule has 9 nitrogen and oxygen atoms in total. The number of nitrogens with zero attached hydrogens (tertiary/aromatic N) is 4. The quantitative estimate of drug-likeness (QED) is 0.445. The molecule has 5 rings (SSSR count). The number of H-pyrrole nitrogens is 1. The zero-order valence-corrected chi connectivity index (χ0v) is 22.6. The molecule has 40 heavy (non-hydrogen) atoms. The van der Waals surface area contributed by atoms with Crippen molar-refractivity contribution in [1.29, 1.82) is 0 Å². The monoisotopic (exact) mass is 552 g/mol. The minimum absolute atomic E-state index is 0.00634. The first-order valence-electron chi connectivity index (χ1n) is 13.6. The van der Waals surface area contributed by atoms with E-state index in [4.69, 9.17) is 4.74 Å². The molecule has 3 aromatic rings. The smallest absolute Gasteiger partial charge is 0.243 e. The highest BCUT2D eigenvalue weighted by Gasteiger charge is 2.41. The molecule has 0 unspecified atom stereocenters. The van der Waals surface area contributed by atoms with Crippen LogP contribution in [0.5, 0.6) is 0 Å². The van der Waals surface area contributed by atoms with Crippen LogP contribution in [0.25, 0.3) is 0 Å². The molecule has 0 bridgehead atoms. The van der Waals surface area contributed by atoms with E-state index in [-0.39, 0.29) is 31.1 Å². The van der Waals surface area contributed by atoms with Crippen LogP contribution in [0.4, 0.5) is 14.6 Å². The normalized spacial score (nSPS) is 20.1. The number of halogens is 2. The van der Waals surface area contributed by atoms with Crippen molar-refractivity contribution in [2.75, 3.05) is 37.7 Å². The topological polar surface area (TPSA) is 103 Å². The summed E-state index contributed by atoms with van der Waals surface area (Å²) in [4.78, 5) is 30.3. The summed E-state index contributed by atoms with van der Waals surface area (Å²) in [7, 11) is 0. The molecule has 212 valence electrons. The number of carbonyl (C=O) groups excluding carboxylic acids is 2. The maximum atomic E-state index is 14.9. The van der Waals surface area contributed by atoms with Crippen molar-refractivity contribution in [1.82, 2.24) is 25.6 Å². The van der Waals surface area contributed by atoms with E-state index in [2.05, 4.69) is 20.7 Å². The van der Waals surface area contributed by atoms with Crippen molar-refractivity contribution < 1.29 is 23.1 Å². The molecule has 2 amide bonds. The van der Waals surface area contributed by atoms with Crippen molar-refractivity contribution in [3.05, 3.63) is 76.7 Å². The Morgan fingerprint density at radius 3 is 2.55 bits per heavy atom. The van der Waals surface area contributed by atoms with Crippen molar-refractivity contribution in [3.63, 3.8) is 0 Å². The summed E-state index contributed by atoms with van der Waals surface area (Å²) in [6.45, 7) is 5.97. The van der Waals surface area contributed by atoms with Crippen LogP contribution in [-0.2, 0) is 20.7 Å². The Hall–Kier alpha value is -3.86. The lowest BCUT2D eigenvalue weighted by molar-refractivity contribution is -0.138. The van der Waals surface area contributed by atoms with E-state index < -0.39 is 30.1 Å². The SMILES string of the molecule is CC(C)c1ccc([C@@H](NC(=O)[C@@H]2C[C@@H](F)CN2C(=O)Cc2n[nH]nc2N2CCOCC2)c2ccccc2)cc1F. The number of benzene rings is 2. The van der Waals surface area contributed by atoms with Crippen molar-refractivity contribution in [2.24, 2.45) is 0 Å². The molecule has 11 heteroatoms. The number of likely N-dealkylation sites (tertiary alicyclic amines) is 1. The summed E-state index contributed by atoms with van der Waals surface area (Å²) < 4.78 is 35.0. The Labute approximate surface area is 231 Å². The summed E-state index contributed by atoms with van der Waals surface area (Å²) in [6.07, 6.45) is -1.58. The van der Waals surface area contributed by atoms with Gasteiger partial charge in [0.15, 0.2) is 5.82 Å². The van der Waals surface area contributed by atoms with Gasteiger partial charge in [0.2, 0.25) is 11.8 Å². The van der Waals surface area contributed by atoms with E-state index in [1.165, 1.54) is 11.0 Å². The van der Waals surface area contributed by atoms with E-state index in [0.717, 1.165) is 5.56 Å². The summed E-state index contributed by atoms with van der Waals surface area (Å²) in [5.74, 6) is -0.694. The van der Waals surface area contributed by atoms with Crippen LogP contribution in [0.15, 0.2) is 48.5 Å². The number of alkyl halides is 1. The van der Waals surface area contributed by atoms with Crippen LogP contribution in [-0.4, -0.2) is 77.2 Å². The van der Waals surface area contributed by atoms with Crippen molar-refractivity contribution >= 4 is 17.6 Å². The molecule has 2 aliphatic heterocycles. The van der Waals surface area contributed by atoms with Crippen LogP contribution >= 0.6 is 0 Å². The molecule has 0 aliphatic carbocycles. The average Bonchev–Trinajstić information content (AvgIpc) is 3.58. The van der Waals surface area contributed by atoms with Crippen LogP contribution < -0.4 is 10.2 Å². The molecule has 0 radical (unpaired) electrons. The van der Waals surface area contributed by atoms with E-state index in [9.17, 15) is 18.4 Å². The van der Waals surface area contributed by atoms with Gasteiger partial charge in [-0.1, -0.05) is 56.3 Å². The lowest BCUT2D eigenvalue weighted by Gasteiger charge is -2.28. The average molecular weight is 553 g/mol. The fourth-order valence-electron chi connectivity index (χ4n) is 5.38. The molecule has 2 saturated heterocycles. The standard InChI is InChI=1S/C29H34F2N6O3/c1-18(2)22-9-8-20(14-23(22)31)27(19-6-4-3-5-7-19)32-29(39)25-15-21(30)17-37(25)26(38)16-24-28(34-35-33-24)36-10-12-40-13-11-36/h3-9,14,18,21,25,27H,10-13,15-17H2,1-2H3,(H,32,39)(H,33,34,35)/t21-,25+,27+/m1/s1. The van der Waals surface area contributed by atoms with E-state index in [1.54, 1.807) is 12.1 Å². The van der Waals surface area contributed by atoms with E-state index in [0.29, 0.717) is 48.9 Å². The van der Waals surface area contributed by atoms with Gasteiger partial charge < -0.3 is 19.9 Å². The number of anilines is 1. The number of amides is 2. The third-order valence-corrected chi connectivity index (χ3v) is 7.50. The van der Waals surface area contributed by atoms with Crippen molar-refractivity contribution in [3.8, 4) is 0 Å². The van der Waals surface area contributed by atoms with E-state index >= 15 is 0 Å². The fraction of sp³-hybridized carbons (Fsp3) is 0.448. The molecule has 1 aromatic heterocycles. The molecule has 2 N–H and O–H groups in total. The minimum Gasteiger partial charge on any atom is -0.378 e. The Kier molecular flexibility index (Phi) is 8.39. The Morgan fingerprint density at radius 2 is 1.85 bits per heavy atom. The number of aromatic nitrogens is 3. The molecular weight excluding hydrogens is 518 g/mol. The highest BCUT2D eigenvalue weighted by molar-refractivity contribution is 5.90. The van der Waals surface area contributed by atoms with Crippen LogP contribution in [0, 0.1) is 5.82 Å². The second-order valence-electron chi connectivity index (χ2n) is 10.6. The second-order valence-corrected chi connectivity index (χ2v) is 10.6. The van der Waals surface area contributed by atoms with Gasteiger partial charge in [-0.3, -0.25) is 9.59 Å². The number of nitrogens with one attached hydrogen (secondary N) is 2. The highest BCUT2D eigenvalue weighted by Crippen LogP contribution is 2.29. The summed E-state index contributed by atoms with van der Waals surface area (Å²) in [6, 6.07) is 12.5. The van der Waals surface area contributed by atoms with Gasteiger partial charge in [0.05, 0.1) is 32.2 Å². The number of hydrogen-bond donors (Lipinski definition) is 2. The number of hydrogen-bond acceptors (Lipinski definition) is 6. The molecule has 0 spiro atoms. The second kappa shape index (κ2) is 12.1. The number of ether oxygens (including phenoxy) is 1. The van der Waals surface area contributed by atoms with Gasteiger partial charge in [-0.25, -0.2) is 8.78 Å². The Morgan fingerprint density at radius 1 is 1.10 bits per heavy atom. The van der Waals surface area contributed by atoms with Gasteiger partial charge in [0.1, 0.15) is 23.7 Å². The van der Waals surface area contributed by atoms with Gasteiger partial charge in [-0.15, -0.1) is 5.10 Å². The van der Waals surface area contributed by atoms with Crippen LogP contribution in [0.3, 0.4) is 0 Å². The molecule has 2 aromatic carbocycles. The maximum absolute atomic E-state index is 14.9. The maximum Gasteiger partial charge on any atom is 0.243 e. The first-order valence-corrected chi connectivity index (χ1v) is 13.6. The van der Waals surface area contributed by atoms with Gasteiger partial charge in [0, 0.05) is 19.5 Å². The summed E-state index contributed by atoms with van der Waals surface area (Å²) >= 11 is 0. The van der Waals surface area contributed by atoms with Crippen LogP contribution in [0.2, 0.25) is 0 Å². The van der Waals surface area contributed by atoms with Gasteiger partial charge in [-0.05, 0) is 28.7 Å². The molecule has 2 fully saturated rings. The predicted molar refractivity (Wildman–Crippen MR) is 145 cm³/mol. The Balaban J connectivity index is 1.35. The molecule has 0 saturated carbocycles. The molecule has 3 heterocycles. The molecular formula is C29H34F2N6O3. The zero-order valence-electron chi connectivity index (χ0n) is 22.6. The van der Waals surface area contributed by atoms with Gasteiger partial charge in [0.25, 0.3) is 0 Å². The number of aromatic amines is 1. The number of rotatable bonds is 8. The lowest BCUT2D eigenvalue weighted by atomic mass is 9.94. The van der Waals surface area contributed by atoms with Gasteiger partial charge >= 0.3 is 0 Å². The summed E-state index contributed by atoms with van der Waals surface area (Å²) in [5.41, 5.74) is 2.33. The first-order chi connectivity index (χ1) is 19.3. The minimum atomic E-state index is -1.34. The predicted octanol–water partition coefficient (Wildman–Crippen LogP) is 3.29. The number of carbonyl (C=O) groups is 2. The lowest BCUT2D eigenvalue weighted by Crippen LogP contribution is -2.47. The summed E-state index contributed by atoms with van der Waals surface area (Å²) in [5, 5.41) is 13.9. The van der Waals surface area contributed by atoms with Crippen molar-refractivity contribution in [2.45, 2.75) is 50.9 Å². The Bertz CT molecular complexity index is 1330. The highest BCUT2D eigenvalue weighted by atomic mass is 19.1. The zero-order chi connectivity index (χ0) is 28.2. The number of morpholine rings is 1. The molecule has 2 aliphatic rings. The third-order valence-electron chi connectivity index (χ3n) is 7.50. The van der Waals surface area contributed by atoms with E-state index in [1.807, 2.05) is 49.1 Å².